The van der Waals surface area contributed by atoms with E-state index in [9.17, 15) is 0 Å². The molecule has 0 unspecified atom stereocenters. The maximum atomic E-state index is 6.05. The number of aryl methyl sites for hydroxylation is 1. The zero-order valence-corrected chi connectivity index (χ0v) is 12.4. The minimum atomic E-state index is 0.313. The lowest BCUT2D eigenvalue weighted by atomic mass is 9.99. The second kappa shape index (κ2) is 5.09. The maximum absolute atomic E-state index is 6.05. The molecular weight excluding hydrogens is 264 g/mol. The SMILES string of the molecule is Cc1cc(Oc2nccn3nccc23)c(C(C)C)cc1N. The predicted octanol–water partition coefficient (Wildman–Crippen LogP) is 3.54. The number of hydrogen-bond acceptors (Lipinski definition) is 4. The normalized spacial score (nSPS) is 11.2. The van der Waals surface area contributed by atoms with Crippen LogP contribution in [0.5, 0.6) is 11.6 Å². The Hall–Kier alpha value is -2.56. The summed E-state index contributed by atoms with van der Waals surface area (Å²) in [6.45, 7) is 6.20. The van der Waals surface area contributed by atoms with Gasteiger partial charge in [-0.3, -0.25) is 0 Å². The Morgan fingerprint density at radius 3 is 2.81 bits per heavy atom. The molecular formula is C16H18N4O. The molecule has 5 heteroatoms. The van der Waals surface area contributed by atoms with Crippen LogP contribution >= 0.6 is 0 Å². The highest BCUT2D eigenvalue weighted by molar-refractivity contribution is 5.59. The van der Waals surface area contributed by atoms with E-state index in [0.717, 1.165) is 28.1 Å². The number of fused-ring (bicyclic) bond motifs is 1. The number of rotatable bonds is 3. The fourth-order valence-electron chi connectivity index (χ4n) is 2.27. The fraction of sp³-hybridized carbons (Fsp3) is 0.250. The van der Waals surface area contributed by atoms with Gasteiger partial charge in [0, 0.05) is 18.1 Å². The van der Waals surface area contributed by atoms with Crippen molar-refractivity contribution in [3.05, 3.63) is 47.9 Å². The molecule has 0 fully saturated rings. The second-order valence-electron chi connectivity index (χ2n) is 5.40. The summed E-state index contributed by atoms with van der Waals surface area (Å²) in [7, 11) is 0. The highest BCUT2D eigenvalue weighted by Gasteiger charge is 2.13. The Bertz CT molecular complexity index is 792. The van der Waals surface area contributed by atoms with Gasteiger partial charge in [-0.25, -0.2) is 9.50 Å². The zero-order valence-electron chi connectivity index (χ0n) is 12.4. The van der Waals surface area contributed by atoms with Gasteiger partial charge < -0.3 is 10.5 Å². The smallest absolute Gasteiger partial charge is 0.245 e. The molecule has 0 radical (unpaired) electrons. The van der Waals surface area contributed by atoms with E-state index in [1.807, 2.05) is 25.1 Å². The lowest BCUT2D eigenvalue weighted by molar-refractivity contribution is 0.456. The zero-order chi connectivity index (χ0) is 15.0. The van der Waals surface area contributed by atoms with Crippen LogP contribution in [-0.2, 0) is 0 Å². The summed E-state index contributed by atoms with van der Waals surface area (Å²) >= 11 is 0. The van der Waals surface area contributed by atoms with E-state index in [-0.39, 0.29) is 0 Å². The summed E-state index contributed by atoms with van der Waals surface area (Å²) in [5, 5.41) is 4.19. The van der Waals surface area contributed by atoms with Crippen LogP contribution < -0.4 is 10.5 Å². The summed E-state index contributed by atoms with van der Waals surface area (Å²) in [6, 6.07) is 5.82. The molecule has 3 rings (SSSR count). The van der Waals surface area contributed by atoms with Gasteiger partial charge in [0.25, 0.3) is 0 Å². The summed E-state index contributed by atoms with van der Waals surface area (Å²) < 4.78 is 7.79. The van der Waals surface area contributed by atoms with Crippen molar-refractivity contribution in [1.82, 2.24) is 14.6 Å². The van der Waals surface area contributed by atoms with E-state index in [1.54, 1.807) is 23.1 Å². The molecule has 21 heavy (non-hydrogen) atoms. The third-order valence-electron chi connectivity index (χ3n) is 3.52. The fourth-order valence-corrected chi connectivity index (χ4v) is 2.27. The quantitative estimate of drug-likeness (QED) is 0.746. The Kier molecular flexibility index (Phi) is 3.25. The molecule has 0 spiro atoms. The first-order valence-corrected chi connectivity index (χ1v) is 6.92. The lowest BCUT2D eigenvalue weighted by Crippen LogP contribution is -2.00. The number of nitrogens with two attached hydrogens (primary N) is 1. The molecule has 2 aromatic heterocycles. The third kappa shape index (κ3) is 2.42. The van der Waals surface area contributed by atoms with Crippen molar-refractivity contribution < 1.29 is 4.74 Å². The highest BCUT2D eigenvalue weighted by Crippen LogP contribution is 2.34. The van der Waals surface area contributed by atoms with E-state index in [4.69, 9.17) is 10.5 Å². The van der Waals surface area contributed by atoms with Gasteiger partial charge in [-0.2, -0.15) is 5.10 Å². The molecule has 0 aliphatic rings. The predicted molar refractivity (Wildman–Crippen MR) is 82.7 cm³/mol. The van der Waals surface area contributed by atoms with Gasteiger partial charge in [0.2, 0.25) is 5.88 Å². The molecule has 0 amide bonds. The Morgan fingerprint density at radius 1 is 1.24 bits per heavy atom. The molecule has 0 bridgehead atoms. The van der Waals surface area contributed by atoms with Gasteiger partial charge >= 0.3 is 0 Å². The van der Waals surface area contributed by atoms with Crippen molar-refractivity contribution in [3.8, 4) is 11.6 Å². The summed E-state index contributed by atoms with van der Waals surface area (Å²) in [5.41, 5.74) is 9.69. The summed E-state index contributed by atoms with van der Waals surface area (Å²) in [4.78, 5) is 4.31. The first kappa shape index (κ1) is 13.4. The number of benzene rings is 1. The van der Waals surface area contributed by atoms with E-state index in [0.29, 0.717) is 11.8 Å². The van der Waals surface area contributed by atoms with E-state index in [2.05, 4.69) is 23.9 Å². The van der Waals surface area contributed by atoms with Crippen LogP contribution in [0, 0.1) is 6.92 Å². The van der Waals surface area contributed by atoms with Crippen molar-refractivity contribution in [2.24, 2.45) is 0 Å². The number of nitrogens with zero attached hydrogens (tertiary/aromatic N) is 3. The Labute approximate surface area is 123 Å². The molecule has 3 aromatic rings. The van der Waals surface area contributed by atoms with Crippen LogP contribution in [-0.4, -0.2) is 14.6 Å². The number of aromatic nitrogens is 3. The Balaban J connectivity index is 2.09. The van der Waals surface area contributed by atoms with Crippen molar-refractivity contribution in [2.75, 3.05) is 5.73 Å². The molecule has 0 saturated carbocycles. The summed E-state index contributed by atoms with van der Waals surface area (Å²) in [6.07, 6.45) is 5.19. The van der Waals surface area contributed by atoms with E-state index in [1.165, 1.54) is 0 Å². The van der Waals surface area contributed by atoms with Gasteiger partial charge in [-0.15, -0.1) is 0 Å². The molecule has 2 N–H and O–H groups in total. The van der Waals surface area contributed by atoms with Crippen molar-refractivity contribution in [3.63, 3.8) is 0 Å². The van der Waals surface area contributed by atoms with Gasteiger partial charge in [0.15, 0.2) is 0 Å². The van der Waals surface area contributed by atoms with Crippen LogP contribution in [0.1, 0.15) is 30.9 Å². The first-order chi connectivity index (χ1) is 10.1. The molecule has 0 aliphatic carbocycles. The average Bonchev–Trinajstić information content (AvgIpc) is 2.91. The van der Waals surface area contributed by atoms with Gasteiger partial charge in [-0.1, -0.05) is 13.8 Å². The molecule has 0 atom stereocenters. The standard InChI is InChI=1S/C16H18N4O/c1-10(2)12-9-13(17)11(3)8-15(12)21-16-14-4-5-19-20(14)7-6-18-16/h4-10H,17H2,1-3H3. The maximum Gasteiger partial charge on any atom is 0.245 e. The molecule has 0 saturated heterocycles. The van der Waals surface area contributed by atoms with Gasteiger partial charge in [0.1, 0.15) is 11.3 Å². The molecule has 5 nitrogen and oxygen atoms in total. The minimum Gasteiger partial charge on any atom is -0.437 e. The molecule has 108 valence electrons. The van der Waals surface area contributed by atoms with Crippen molar-refractivity contribution >= 4 is 11.2 Å². The number of anilines is 1. The summed E-state index contributed by atoms with van der Waals surface area (Å²) in [5.74, 6) is 1.65. The lowest BCUT2D eigenvalue weighted by Gasteiger charge is -2.16. The molecule has 2 heterocycles. The molecule has 0 aliphatic heterocycles. The number of hydrogen-bond donors (Lipinski definition) is 1. The van der Waals surface area contributed by atoms with Crippen LogP contribution in [0.4, 0.5) is 5.69 Å². The number of nitrogen functional groups attached to an aromatic ring is 1. The first-order valence-electron chi connectivity index (χ1n) is 6.92. The average molecular weight is 282 g/mol. The van der Waals surface area contributed by atoms with Crippen LogP contribution in [0.2, 0.25) is 0 Å². The highest BCUT2D eigenvalue weighted by atomic mass is 16.5. The second-order valence-corrected chi connectivity index (χ2v) is 5.40. The van der Waals surface area contributed by atoms with Crippen molar-refractivity contribution in [2.45, 2.75) is 26.7 Å². The molecule has 1 aromatic carbocycles. The Morgan fingerprint density at radius 2 is 2.05 bits per heavy atom. The van der Waals surface area contributed by atoms with E-state index >= 15 is 0 Å². The minimum absolute atomic E-state index is 0.313. The van der Waals surface area contributed by atoms with Gasteiger partial charge in [0.05, 0.1) is 6.20 Å². The van der Waals surface area contributed by atoms with Crippen LogP contribution in [0.25, 0.3) is 5.52 Å². The van der Waals surface area contributed by atoms with Crippen LogP contribution in [0.15, 0.2) is 36.8 Å². The largest absolute Gasteiger partial charge is 0.437 e. The van der Waals surface area contributed by atoms with Crippen molar-refractivity contribution in [1.29, 1.82) is 0 Å². The third-order valence-corrected chi connectivity index (χ3v) is 3.52. The van der Waals surface area contributed by atoms with Gasteiger partial charge in [-0.05, 0) is 42.2 Å². The van der Waals surface area contributed by atoms with Crippen LogP contribution in [0.3, 0.4) is 0 Å². The topological polar surface area (TPSA) is 65.4 Å². The monoisotopic (exact) mass is 282 g/mol. The number of ether oxygens (including phenoxy) is 1. The van der Waals surface area contributed by atoms with E-state index < -0.39 is 0 Å².